The van der Waals surface area contributed by atoms with E-state index in [1.54, 1.807) is 33.7 Å². The largest absolute Gasteiger partial charge is 0.329 e. The average Bonchev–Trinajstić information content (AvgIpc) is 2.47. The van der Waals surface area contributed by atoms with Gasteiger partial charge in [0.25, 0.3) is 0 Å². The number of anilines is 1. The molecule has 1 aliphatic rings. The molecule has 1 fully saturated rings. The highest BCUT2D eigenvalue weighted by molar-refractivity contribution is 7.98. The second kappa shape index (κ2) is 7.18. The summed E-state index contributed by atoms with van der Waals surface area (Å²) in [4.78, 5) is 27.8. The molecular weight excluding hydrogens is 308 g/mol. The van der Waals surface area contributed by atoms with E-state index in [4.69, 9.17) is 11.6 Å². The zero-order valence-corrected chi connectivity index (χ0v) is 13.8. The lowest BCUT2D eigenvalue weighted by atomic mass is 10.1. The van der Waals surface area contributed by atoms with Crippen molar-refractivity contribution in [3.63, 3.8) is 0 Å². The molecule has 0 radical (unpaired) electrons. The van der Waals surface area contributed by atoms with Crippen molar-refractivity contribution in [2.24, 2.45) is 0 Å². The number of amides is 2. The third-order valence-corrected chi connectivity index (χ3v) is 4.43. The second-order valence-electron chi connectivity index (χ2n) is 5.09. The molecule has 0 aliphatic carbocycles. The van der Waals surface area contributed by atoms with Gasteiger partial charge >= 0.3 is 0 Å². The molecule has 0 bridgehead atoms. The predicted octanol–water partition coefficient (Wildman–Crippen LogP) is 2.66. The van der Waals surface area contributed by atoms with Crippen LogP contribution in [0.1, 0.15) is 13.3 Å². The topological polar surface area (TPSA) is 40.6 Å². The van der Waals surface area contributed by atoms with Crippen molar-refractivity contribution < 1.29 is 9.59 Å². The fourth-order valence-corrected chi connectivity index (χ4v) is 2.89. The summed E-state index contributed by atoms with van der Waals surface area (Å²) >= 11 is 7.51. The van der Waals surface area contributed by atoms with Gasteiger partial charge in [0, 0.05) is 35.5 Å². The van der Waals surface area contributed by atoms with E-state index in [2.05, 4.69) is 0 Å². The summed E-state index contributed by atoms with van der Waals surface area (Å²) in [6.07, 6.45) is 2.46. The van der Waals surface area contributed by atoms with Crippen molar-refractivity contribution in [1.82, 2.24) is 4.90 Å². The van der Waals surface area contributed by atoms with Gasteiger partial charge in [-0.2, -0.15) is 11.8 Å². The van der Waals surface area contributed by atoms with Crippen LogP contribution in [0.25, 0.3) is 0 Å². The van der Waals surface area contributed by atoms with Crippen LogP contribution in [-0.4, -0.2) is 47.9 Å². The predicted molar refractivity (Wildman–Crippen MR) is 88.0 cm³/mol. The van der Waals surface area contributed by atoms with Crippen molar-refractivity contribution in [3.8, 4) is 0 Å². The zero-order chi connectivity index (χ0) is 15.4. The van der Waals surface area contributed by atoms with Crippen LogP contribution in [0.15, 0.2) is 24.3 Å². The lowest BCUT2D eigenvalue weighted by Crippen LogP contribution is -2.57. The number of nitrogens with zero attached hydrogens (tertiary/aromatic N) is 2. The molecule has 2 rings (SSSR count). The number of hydrogen-bond donors (Lipinski definition) is 0. The summed E-state index contributed by atoms with van der Waals surface area (Å²) in [5.41, 5.74) is 0.826. The van der Waals surface area contributed by atoms with Crippen LogP contribution in [0.4, 0.5) is 5.69 Å². The van der Waals surface area contributed by atoms with Gasteiger partial charge < -0.3 is 9.80 Å². The molecule has 0 aromatic heterocycles. The maximum Gasteiger partial charge on any atom is 0.246 e. The van der Waals surface area contributed by atoms with E-state index in [-0.39, 0.29) is 24.4 Å². The number of carbonyl (C=O) groups is 2. The molecule has 0 unspecified atom stereocenters. The first-order valence-electron chi connectivity index (χ1n) is 6.87. The second-order valence-corrected chi connectivity index (χ2v) is 6.52. The Bertz CT molecular complexity index is 521. The van der Waals surface area contributed by atoms with Gasteiger partial charge in [0.2, 0.25) is 11.8 Å². The third-order valence-electron chi connectivity index (χ3n) is 3.56. The molecule has 114 valence electrons. The Hall–Kier alpha value is -1.20. The van der Waals surface area contributed by atoms with Crippen molar-refractivity contribution in [2.45, 2.75) is 19.4 Å². The first kappa shape index (κ1) is 16.2. The minimum absolute atomic E-state index is 0.0211. The Morgan fingerprint density at radius 2 is 2.05 bits per heavy atom. The smallest absolute Gasteiger partial charge is 0.246 e. The molecule has 0 saturated carbocycles. The van der Waals surface area contributed by atoms with Crippen LogP contribution < -0.4 is 4.90 Å². The zero-order valence-electron chi connectivity index (χ0n) is 12.2. The molecule has 0 spiro atoms. The van der Waals surface area contributed by atoms with Crippen LogP contribution in [-0.2, 0) is 9.59 Å². The van der Waals surface area contributed by atoms with Crippen molar-refractivity contribution in [3.05, 3.63) is 29.3 Å². The van der Waals surface area contributed by atoms with Crippen LogP contribution in [0.3, 0.4) is 0 Å². The fourth-order valence-electron chi connectivity index (χ4n) is 2.39. The minimum atomic E-state index is -0.0482. The van der Waals surface area contributed by atoms with E-state index >= 15 is 0 Å². The maximum absolute atomic E-state index is 12.3. The normalized spacial score (nSPS) is 19.0. The summed E-state index contributed by atoms with van der Waals surface area (Å²) < 4.78 is 0. The summed E-state index contributed by atoms with van der Waals surface area (Å²) in [6.45, 7) is 2.65. The molecular formula is C15H19ClN2O2S. The maximum atomic E-state index is 12.3. The SMILES string of the molecule is CSCCC(=O)N1CC(=O)N(c2ccc(Cl)cc2)C[C@@H]1C. The molecule has 1 atom stereocenters. The van der Waals surface area contributed by atoms with Crippen LogP contribution in [0.2, 0.25) is 5.02 Å². The number of thioether (sulfide) groups is 1. The standard InChI is InChI=1S/C15H19ClN2O2S/c1-11-9-18(13-5-3-12(16)4-6-13)15(20)10-17(11)14(19)7-8-21-2/h3-6,11H,7-10H2,1-2H3/t11-/m0/s1. The highest BCUT2D eigenvalue weighted by Crippen LogP contribution is 2.22. The quantitative estimate of drug-likeness (QED) is 0.854. The summed E-state index contributed by atoms with van der Waals surface area (Å²) in [5.74, 6) is 0.797. The number of halogens is 1. The Balaban J connectivity index is 2.06. The van der Waals surface area contributed by atoms with E-state index < -0.39 is 0 Å². The molecule has 4 nitrogen and oxygen atoms in total. The molecule has 1 heterocycles. The third kappa shape index (κ3) is 3.92. The number of hydrogen-bond acceptors (Lipinski definition) is 3. The molecule has 6 heteroatoms. The minimum Gasteiger partial charge on any atom is -0.329 e. The van der Waals surface area contributed by atoms with Gasteiger partial charge in [0.1, 0.15) is 6.54 Å². The molecule has 1 aromatic rings. The van der Waals surface area contributed by atoms with Crippen molar-refractivity contribution in [2.75, 3.05) is 30.0 Å². The first-order valence-corrected chi connectivity index (χ1v) is 8.64. The Morgan fingerprint density at radius 1 is 1.38 bits per heavy atom. The van der Waals surface area contributed by atoms with Gasteiger partial charge in [0.05, 0.1) is 0 Å². The summed E-state index contributed by atoms with van der Waals surface area (Å²) in [5, 5.41) is 0.644. The van der Waals surface area contributed by atoms with E-state index in [9.17, 15) is 9.59 Å². The van der Waals surface area contributed by atoms with Crippen LogP contribution >= 0.6 is 23.4 Å². The van der Waals surface area contributed by atoms with E-state index in [0.29, 0.717) is 18.0 Å². The van der Waals surface area contributed by atoms with Gasteiger partial charge in [-0.15, -0.1) is 0 Å². The van der Waals surface area contributed by atoms with E-state index in [1.165, 1.54) is 0 Å². The number of benzene rings is 1. The lowest BCUT2D eigenvalue weighted by molar-refractivity contribution is -0.138. The van der Waals surface area contributed by atoms with Crippen molar-refractivity contribution >= 4 is 40.9 Å². The molecule has 1 aliphatic heterocycles. The van der Waals surface area contributed by atoms with E-state index in [0.717, 1.165) is 11.4 Å². The Morgan fingerprint density at radius 3 is 2.67 bits per heavy atom. The number of rotatable bonds is 4. The van der Waals surface area contributed by atoms with Crippen LogP contribution in [0, 0.1) is 0 Å². The fraction of sp³-hybridized carbons (Fsp3) is 0.467. The Labute approximate surface area is 134 Å². The molecule has 1 saturated heterocycles. The van der Waals surface area contributed by atoms with Gasteiger partial charge in [-0.25, -0.2) is 0 Å². The van der Waals surface area contributed by atoms with Gasteiger partial charge in [0.15, 0.2) is 0 Å². The Kier molecular flexibility index (Phi) is 5.53. The van der Waals surface area contributed by atoms with Gasteiger partial charge in [-0.1, -0.05) is 11.6 Å². The van der Waals surface area contributed by atoms with Crippen LogP contribution in [0.5, 0.6) is 0 Å². The average molecular weight is 327 g/mol. The summed E-state index contributed by atoms with van der Waals surface area (Å²) in [6, 6.07) is 7.22. The molecule has 1 aromatic carbocycles. The molecule has 0 N–H and O–H groups in total. The number of carbonyl (C=O) groups excluding carboxylic acids is 2. The summed E-state index contributed by atoms with van der Waals surface area (Å²) in [7, 11) is 0. The number of piperazine rings is 1. The molecule has 21 heavy (non-hydrogen) atoms. The highest BCUT2D eigenvalue weighted by atomic mass is 35.5. The lowest BCUT2D eigenvalue weighted by Gasteiger charge is -2.39. The first-order chi connectivity index (χ1) is 10.0. The highest BCUT2D eigenvalue weighted by Gasteiger charge is 2.32. The van der Waals surface area contributed by atoms with Crippen molar-refractivity contribution in [1.29, 1.82) is 0 Å². The van der Waals surface area contributed by atoms with Gasteiger partial charge in [-0.05, 0) is 37.4 Å². The monoisotopic (exact) mass is 326 g/mol. The van der Waals surface area contributed by atoms with Gasteiger partial charge in [-0.3, -0.25) is 9.59 Å². The van der Waals surface area contributed by atoms with E-state index in [1.807, 2.05) is 25.3 Å². The molecule has 2 amide bonds.